The van der Waals surface area contributed by atoms with E-state index in [4.69, 9.17) is 12.2 Å². The number of fused-ring (bicyclic) bond motifs is 1. The molecular formula is C13H15N3OS2. The van der Waals surface area contributed by atoms with E-state index in [9.17, 15) is 10.1 Å². The van der Waals surface area contributed by atoms with Crippen LogP contribution in [0.4, 0.5) is 5.00 Å². The topological polar surface area (TPSA) is 64.9 Å². The number of nitrogens with zero attached hydrogens (tertiary/aromatic N) is 1. The summed E-state index contributed by atoms with van der Waals surface area (Å²) in [6.45, 7) is 3.61. The summed E-state index contributed by atoms with van der Waals surface area (Å²) in [6, 6.07) is 2.23. The van der Waals surface area contributed by atoms with Gasteiger partial charge >= 0.3 is 0 Å². The molecule has 19 heavy (non-hydrogen) atoms. The van der Waals surface area contributed by atoms with Crippen molar-refractivity contribution in [2.24, 2.45) is 5.92 Å². The number of thiocarbonyl (C=S) groups is 1. The molecule has 0 spiro atoms. The highest BCUT2D eigenvalue weighted by Gasteiger charge is 2.22. The van der Waals surface area contributed by atoms with Crippen LogP contribution in [0, 0.1) is 17.2 Å². The minimum atomic E-state index is -0.125. The van der Waals surface area contributed by atoms with Gasteiger partial charge in [0.25, 0.3) is 0 Å². The number of nitrogens with one attached hydrogen (secondary N) is 2. The minimum Gasteiger partial charge on any atom is -0.323 e. The van der Waals surface area contributed by atoms with Crippen LogP contribution in [0.15, 0.2) is 0 Å². The van der Waals surface area contributed by atoms with Crippen molar-refractivity contribution in [3.8, 4) is 6.07 Å². The van der Waals surface area contributed by atoms with Crippen molar-refractivity contribution in [3.63, 3.8) is 0 Å². The molecule has 0 saturated heterocycles. The molecular weight excluding hydrogens is 278 g/mol. The van der Waals surface area contributed by atoms with Gasteiger partial charge in [0, 0.05) is 10.8 Å². The number of rotatable bonds is 2. The molecule has 0 aliphatic heterocycles. The van der Waals surface area contributed by atoms with Crippen LogP contribution in [0.1, 0.15) is 36.3 Å². The van der Waals surface area contributed by atoms with E-state index < -0.39 is 0 Å². The Balaban J connectivity index is 2.10. The fourth-order valence-corrected chi connectivity index (χ4v) is 3.51. The van der Waals surface area contributed by atoms with Crippen molar-refractivity contribution in [1.82, 2.24) is 5.32 Å². The van der Waals surface area contributed by atoms with E-state index in [1.54, 1.807) is 25.2 Å². The van der Waals surface area contributed by atoms with Gasteiger partial charge in [-0.05, 0) is 37.0 Å². The fourth-order valence-electron chi connectivity index (χ4n) is 2.00. The lowest BCUT2D eigenvalue weighted by Crippen LogP contribution is -2.36. The summed E-state index contributed by atoms with van der Waals surface area (Å²) in [4.78, 5) is 12.8. The van der Waals surface area contributed by atoms with Gasteiger partial charge in [-0.1, -0.05) is 13.8 Å². The van der Waals surface area contributed by atoms with Crippen LogP contribution in [-0.2, 0) is 17.6 Å². The lowest BCUT2D eigenvalue weighted by atomic mass is 10.1. The third kappa shape index (κ3) is 2.94. The summed E-state index contributed by atoms with van der Waals surface area (Å²) < 4.78 is 0. The van der Waals surface area contributed by atoms with E-state index in [1.165, 1.54) is 4.88 Å². The molecule has 1 amide bonds. The zero-order valence-corrected chi connectivity index (χ0v) is 12.5. The number of carbonyl (C=O) groups excluding carboxylic acids is 1. The predicted molar refractivity (Wildman–Crippen MR) is 80.3 cm³/mol. The van der Waals surface area contributed by atoms with Crippen molar-refractivity contribution in [2.45, 2.75) is 33.1 Å². The number of hydrogen-bond donors (Lipinski definition) is 2. The summed E-state index contributed by atoms with van der Waals surface area (Å²) in [5.41, 5.74) is 1.83. The van der Waals surface area contributed by atoms with E-state index in [-0.39, 0.29) is 16.9 Å². The van der Waals surface area contributed by atoms with Gasteiger partial charge in [-0.2, -0.15) is 5.26 Å². The molecule has 0 fully saturated rings. The van der Waals surface area contributed by atoms with Crippen LogP contribution in [0.3, 0.4) is 0 Å². The van der Waals surface area contributed by atoms with Crippen molar-refractivity contribution in [3.05, 3.63) is 16.0 Å². The number of nitriles is 1. The molecule has 0 saturated carbocycles. The molecule has 0 unspecified atom stereocenters. The highest BCUT2D eigenvalue weighted by molar-refractivity contribution is 7.80. The number of aryl methyl sites for hydroxylation is 1. The Kier molecular flexibility index (Phi) is 4.17. The van der Waals surface area contributed by atoms with Gasteiger partial charge in [-0.15, -0.1) is 11.3 Å². The second kappa shape index (κ2) is 5.68. The standard InChI is InChI=1S/C13H15N3OS2/c1-7(2)11(17)15-13(18)16-12-9(6-14)8-4-3-5-10(8)19-12/h7H,3-5H2,1-2H3,(H2,15,16,17,18). The Hall–Kier alpha value is -1.45. The molecule has 6 heteroatoms. The van der Waals surface area contributed by atoms with Crippen LogP contribution >= 0.6 is 23.6 Å². The fraction of sp³-hybridized carbons (Fsp3) is 0.462. The maximum absolute atomic E-state index is 11.5. The molecule has 0 bridgehead atoms. The number of amides is 1. The van der Waals surface area contributed by atoms with Crippen LogP contribution in [0.25, 0.3) is 0 Å². The first-order valence-corrected chi connectivity index (χ1v) is 7.42. The molecule has 2 N–H and O–H groups in total. The van der Waals surface area contributed by atoms with Gasteiger partial charge in [-0.3, -0.25) is 4.79 Å². The third-order valence-electron chi connectivity index (χ3n) is 3.02. The Labute approximate surface area is 121 Å². The van der Waals surface area contributed by atoms with E-state index in [1.807, 2.05) is 0 Å². The van der Waals surface area contributed by atoms with Crippen LogP contribution < -0.4 is 10.6 Å². The molecule has 1 aromatic rings. The molecule has 1 heterocycles. The summed E-state index contributed by atoms with van der Waals surface area (Å²) >= 11 is 6.66. The average Bonchev–Trinajstić information content (AvgIpc) is 2.88. The highest BCUT2D eigenvalue weighted by atomic mass is 32.1. The zero-order chi connectivity index (χ0) is 14.0. The second-order valence-corrected chi connectivity index (χ2v) is 6.28. The second-order valence-electron chi connectivity index (χ2n) is 4.77. The van der Waals surface area contributed by atoms with Crippen LogP contribution in [0.5, 0.6) is 0 Å². The van der Waals surface area contributed by atoms with Gasteiger partial charge < -0.3 is 10.6 Å². The van der Waals surface area contributed by atoms with Crippen molar-refractivity contribution in [2.75, 3.05) is 5.32 Å². The highest BCUT2D eigenvalue weighted by Crippen LogP contribution is 2.38. The van der Waals surface area contributed by atoms with E-state index in [2.05, 4.69) is 16.7 Å². The largest absolute Gasteiger partial charge is 0.323 e. The minimum absolute atomic E-state index is 0.122. The summed E-state index contributed by atoms with van der Waals surface area (Å²) in [6.07, 6.45) is 3.10. The van der Waals surface area contributed by atoms with Gasteiger partial charge in [0.2, 0.25) is 5.91 Å². The van der Waals surface area contributed by atoms with Crippen molar-refractivity contribution in [1.29, 1.82) is 5.26 Å². The quantitative estimate of drug-likeness (QED) is 0.823. The lowest BCUT2D eigenvalue weighted by Gasteiger charge is -2.10. The average molecular weight is 293 g/mol. The van der Waals surface area contributed by atoms with Crippen LogP contribution in [-0.4, -0.2) is 11.0 Å². The third-order valence-corrected chi connectivity index (χ3v) is 4.43. The van der Waals surface area contributed by atoms with E-state index >= 15 is 0 Å². The number of hydrogen-bond acceptors (Lipinski definition) is 4. The monoisotopic (exact) mass is 293 g/mol. The Bertz CT molecular complexity index is 569. The lowest BCUT2D eigenvalue weighted by molar-refractivity contribution is -0.122. The Morgan fingerprint density at radius 2 is 2.21 bits per heavy atom. The van der Waals surface area contributed by atoms with Gasteiger partial charge in [-0.25, -0.2) is 0 Å². The zero-order valence-electron chi connectivity index (χ0n) is 10.9. The molecule has 100 valence electrons. The summed E-state index contributed by atoms with van der Waals surface area (Å²) in [5, 5.41) is 15.8. The van der Waals surface area contributed by atoms with E-state index in [0.717, 1.165) is 29.8 Å². The maximum atomic E-state index is 11.5. The summed E-state index contributed by atoms with van der Waals surface area (Å²) in [7, 11) is 0. The first-order chi connectivity index (χ1) is 9.02. The molecule has 1 aliphatic carbocycles. The first-order valence-electron chi connectivity index (χ1n) is 6.19. The van der Waals surface area contributed by atoms with Crippen LogP contribution in [0.2, 0.25) is 0 Å². The molecule has 1 aliphatic rings. The Morgan fingerprint density at radius 3 is 2.84 bits per heavy atom. The Morgan fingerprint density at radius 1 is 1.47 bits per heavy atom. The summed E-state index contributed by atoms with van der Waals surface area (Å²) in [5.74, 6) is -0.247. The molecule has 1 aromatic heterocycles. The normalized spacial score (nSPS) is 12.9. The predicted octanol–water partition coefficient (Wildman–Crippen LogP) is 2.58. The number of thiophene rings is 1. The molecule has 0 aromatic carbocycles. The van der Waals surface area contributed by atoms with Gasteiger partial charge in [0.05, 0.1) is 5.56 Å². The van der Waals surface area contributed by atoms with Gasteiger partial charge in [0.15, 0.2) is 5.11 Å². The SMILES string of the molecule is CC(C)C(=O)NC(=S)Nc1sc2c(c1C#N)CCC2. The molecule has 0 atom stereocenters. The van der Waals surface area contributed by atoms with E-state index in [0.29, 0.717) is 5.56 Å². The smallest absolute Gasteiger partial charge is 0.228 e. The number of carbonyl (C=O) groups is 1. The maximum Gasteiger partial charge on any atom is 0.228 e. The van der Waals surface area contributed by atoms with Gasteiger partial charge in [0.1, 0.15) is 11.1 Å². The van der Waals surface area contributed by atoms with Crippen molar-refractivity contribution < 1.29 is 4.79 Å². The first kappa shape index (κ1) is 14.0. The molecule has 2 rings (SSSR count). The molecule has 4 nitrogen and oxygen atoms in total. The van der Waals surface area contributed by atoms with Crippen molar-refractivity contribution >= 4 is 39.6 Å². The molecule has 0 radical (unpaired) electrons. The number of anilines is 1.